The van der Waals surface area contributed by atoms with Crippen molar-refractivity contribution in [3.8, 4) is 0 Å². The summed E-state index contributed by atoms with van der Waals surface area (Å²) in [5, 5.41) is 4.52. The summed E-state index contributed by atoms with van der Waals surface area (Å²) >= 11 is 6.26. The molecule has 2 aliphatic rings. The number of carbonyl (C=O) groups is 3. The lowest BCUT2D eigenvalue weighted by atomic mass is 10.1. The van der Waals surface area contributed by atoms with Crippen molar-refractivity contribution in [2.24, 2.45) is 10.3 Å². The van der Waals surface area contributed by atoms with Crippen LogP contribution in [-0.4, -0.2) is 51.9 Å². The average Bonchev–Trinajstić information content (AvgIpc) is 2.95. The van der Waals surface area contributed by atoms with Gasteiger partial charge in [0.15, 0.2) is 6.61 Å². The molecule has 0 unspecified atom stereocenters. The highest BCUT2D eigenvalue weighted by atomic mass is 35.5. The molecule has 1 aromatic carbocycles. The van der Waals surface area contributed by atoms with Gasteiger partial charge in [-0.05, 0) is 30.9 Å². The number of nitrogens with one attached hydrogen (secondary N) is 2. The van der Waals surface area contributed by atoms with Gasteiger partial charge in [0.25, 0.3) is 15.9 Å². The maximum Gasteiger partial charge on any atom is 0.340 e. The lowest BCUT2D eigenvalue weighted by Gasteiger charge is -2.30. The number of rotatable bonds is 5. The summed E-state index contributed by atoms with van der Waals surface area (Å²) in [4.78, 5) is 37.6. The predicted octanol–water partition coefficient (Wildman–Crippen LogP) is 2.46. The maximum atomic E-state index is 12.7. The number of benzene rings is 1. The minimum absolute atomic E-state index is 0.00969. The molecule has 0 aliphatic carbocycles. The standard InChI is InChI=1S/C20H25ClN4O6S/c1-12(2)10-22-20(28)23-18(26)11-31-19(27)13-8-16-15(9-14(13)21)25-7-5-3-4-6-17(25)24-32(16,29)30/h8-9,12H,3-7,10-11H2,1-2H3,(H2,22,23,26,28). The molecular weight excluding hydrogens is 460 g/mol. The van der Waals surface area contributed by atoms with E-state index in [1.165, 1.54) is 6.07 Å². The van der Waals surface area contributed by atoms with Crippen LogP contribution in [0.15, 0.2) is 21.4 Å². The van der Waals surface area contributed by atoms with Crippen molar-refractivity contribution in [1.29, 1.82) is 0 Å². The first kappa shape index (κ1) is 24.0. The zero-order chi connectivity index (χ0) is 23.5. The van der Waals surface area contributed by atoms with Crippen molar-refractivity contribution < 1.29 is 27.5 Å². The van der Waals surface area contributed by atoms with E-state index in [-0.39, 0.29) is 21.4 Å². The Morgan fingerprint density at radius 1 is 1.22 bits per heavy atom. The minimum Gasteiger partial charge on any atom is -0.452 e. The first-order chi connectivity index (χ1) is 15.1. The van der Waals surface area contributed by atoms with E-state index < -0.39 is 34.5 Å². The Labute approximate surface area is 191 Å². The molecule has 0 radical (unpaired) electrons. The smallest absolute Gasteiger partial charge is 0.340 e. The van der Waals surface area contributed by atoms with Crippen LogP contribution >= 0.6 is 11.6 Å². The van der Waals surface area contributed by atoms with Crippen molar-refractivity contribution in [3.05, 3.63) is 22.7 Å². The Morgan fingerprint density at radius 3 is 2.69 bits per heavy atom. The number of carbonyl (C=O) groups excluding carboxylic acids is 3. The molecule has 174 valence electrons. The summed E-state index contributed by atoms with van der Waals surface area (Å²) in [6, 6.07) is 1.82. The van der Waals surface area contributed by atoms with Gasteiger partial charge in [0, 0.05) is 19.5 Å². The van der Waals surface area contributed by atoms with Gasteiger partial charge in [-0.25, -0.2) is 9.59 Å². The molecule has 0 saturated carbocycles. The molecule has 0 bridgehead atoms. The molecule has 2 aliphatic heterocycles. The number of anilines is 1. The largest absolute Gasteiger partial charge is 0.452 e. The molecule has 1 aromatic rings. The number of hydrogen-bond acceptors (Lipinski definition) is 7. The number of fused-ring (bicyclic) bond motifs is 3. The third kappa shape index (κ3) is 5.57. The molecule has 32 heavy (non-hydrogen) atoms. The summed E-state index contributed by atoms with van der Waals surface area (Å²) in [7, 11) is -4.01. The number of ether oxygens (including phenoxy) is 1. The van der Waals surface area contributed by atoms with E-state index in [0.717, 1.165) is 25.3 Å². The number of esters is 1. The second kappa shape index (κ2) is 9.86. The van der Waals surface area contributed by atoms with Gasteiger partial charge in [-0.15, -0.1) is 4.40 Å². The van der Waals surface area contributed by atoms with Gasteiger partial charge < -0.3 is 15.0 Å². The Hall–Kier alpha value is -2.66. The van der Waals surface area contributed by atoms with E-state index in [0.29, 0.717) is 31.0 Å². The van der Waals surface area contributed by atoms with Crippen LogP contribution in [-0.2, 0) is 19.6 Å². The summed E-state index contributed by atoms with van der Waals surface area (Å²) in [5.74, 6) is -1.16. The molecule has 0 aromatic heterocycles. The van der Waals surface area contributed by atoms with Crippen LogP contribution in [0.25, 0.3) is 0 Å². The van der Waals surface area contributed by atoms with Gasteiger partial charge in [0.1, 0.15) is 10.7 Å². The first-order valence-corrected chi connectivity index (χ1v) is 12.1. The van der Waals surface area contributed by atoms with Crippen molar-refractivity contribution in [2.45, 2.75) is 44.4 Å². The van der Waals surface area contributed by atoms with Crippen LogP contribution in [0.4, 0.5) is 10.5 Å². The first-order valence-electron chi connectivity index (χ1n) is 10.3. The lowest BCUT2D eigenvalue weighted by molar-refractivity contribution is -0.123. The van der Waals surface area contributed by atoms with E-state index in [1.807, 2.05) is 24.1 Å². The number of imide groups is 1. The highest BCUT2D eigenvalue weighted by molar-refractivity contribution is 7.90. The number of urea groups is 1. The predicted molar refractivity (Wildman–Crippen MR) is 119 cm³/mol. The Morgan fingerprint density at radius 2 is 1.97 bits per heavy atom. The van der Waals surface area contributed by atoms with Crippen LogP contribution in [0.1, 0.15) is 49.9 Å². The van der Waals surface area contributed by atoms with E-state index in [1.54, 1.807) is 0 Å². The molecule has 2 N–H and O–H groups in total. The normalized spacial score (nSPS) is 16.9. The highest BCUT2D eigenvalue weighted by Crippen LogP contribution is 2.38. The van der Waals surface area contributed by atoms with Gasteiger partial charge in [-0.1, -0.05) is 31.9 Å². The second-order valence-corrected chi connectivity index (χ2v) is 9.95. The van der Waals surface area contributed by atoms with Gasteiger partial charge >= 0.3 is 12.0 Å². The van der Waals surface area contributed by atoms with E-state index in [9.17, 15) is 22.8 Å². The quantitative estimate of drug-likeness (QED) is 0.613. The zero-order valence-corrected chi connectivity index (χ0v) is 19.4. The number of halogens is 1. The lowest BCUT2D eigenvalue weighted by Crippen LogP contribution is -2.42. The fourth-order valence-corrected chi connectivity index (χ4v) is 4.87. The molecule has 2 heterocycles. The number of nitrogens with zero attached hydrogens (tertiary/aromatic N) is 2. The second-order valence-electron chi connectivity index (χ2n) is 7.97. The third-order valence-corrected chi connectivity index (χ3v) is 6.56. The van der Waals surface area contributed by atoms with Crippen molar-refractivity contribution in [3.63, 3.8) is 0 Å². The third-order valence-electron chi connectivity index (χ3n) is 4.91. The number of amidine groups is 1. The molecule has 3 amide bonds. The molecular formula is C20H25ClN4O6S. The van der Waals surface area contributed by atoms with E-state index in [4.69, 9.17) is 16.3 Å². The van der Waals surface area contributed by atoms with Crippen LogP contribution in [0.2, 0.25) is 5.02 Å². The number of sulfonamides is 1. The molecule has 10 nitrogen and oxygen atoms in total. The molecule has 0 spiro atoms. The molecule has 0 atom stereocenters. The Bertz CT molecular complexity index is 1070. The SMILES string of the molecule is CC(C)CNC(=O)NC(=O)COC(=O)c1cc2c(cc1Cl)N1CCCCCC1=NS2(=O)=O. The van der Waals surface area contributed by atoms with Gasteiger partial charge in [0.2, 0.25) is 0 Å². The fraction of sp³-hybridized carbons (Fsp3) is 0.500. The van der Waals surface area contributed by atoms with E-state index in [2.05, 4.69) is 9.71 Å². The topological polar surface area (TPSA) is 134 Å². The summed E-state index contributed by atoms with van der Waals surface area (Å²) in [5.41, 5.74) is 0.164. The highest BCUT2D eigenvalue weighted by Gasteiger charge is 2.33. The van der Waals surface area contributed by atoms with Gasteiger partial charge in [0.05, 0.1) is 16.3 Å². The van der Waals surface area contributed by atoms with Crippen LogP contribution in [0, 0.1) is 5.92 Å². The molecule has 3 rings (SSSR count). The number of amides is 3. The van der Waals surface area contributed by atoms with Crippen molar-refractivity contribution in [1.82, 2.24) is 10.6 Å². The number of hydrogen-bond donors (Lipinski definition) is 2. The summed E-state index contributed by atoms with van der Waals surface area (Å²) in [6.07, 6.45) is 3.22. The van der Waals surface area contributed by atoms with Crippen LogP contribution < -0.4 is 15.5 Å². The zero-order valence-electron chi connectivity index (χ0n) is 17.8. The van der Waals surface area contributed by atoms with Crippen LogP contribution in [0.3, 0.4) is 0 Å². The monoisotopic (exact) mass is 484 g/mol. The average molecular weight is 485 g/mol. The van der Waals surface area contributed by atoms with E-state index >= 15 is 0 Å². The molecule has 1 fully saturated rings. The Balaban J connectivity index is 1.73. The maximum absolute atomic E-state index is 12.7. The molecule has 12 heteroatoms. The van der Waals surface area contributed by atoms with Gasteiger partial charge in [-0.2, -0.15) is 8.42 Å². The Kier molecular flexibility index (Phi) is 7.40. The van der Waals surface area contributed by atoms with Crippen molar-refractivity contribution in [2.75, 3.05) is 24.6 Å². The van der Waals surface area contributed by atoms with Crippen molar-refractivity contribution >= 4 is 51.1 Å². The summed E-state index contributed by atoms with van der Waals surface area (Å²) < 4.78 is 34.2. The van der Waals surface area contributed by atoms with Crippen LogP contribution in [0.5, 0.6) is 0 Å². The molecule has 1 saturated heterocycles. The van der Waals surface area contributed by atoms with Gasteiger partial charge in [-0.3, -0.25) is 10.1 Å². The minimum atomic E-state index is -4.01. The fourth-order valence-electron chi connectivity index (χ4n) is 3.37. The summed E-state index contributed by atoms with van der Waals surface area (Å²) in [6.45, 7) is 4.03.